The number of rotatable bonds is 0. The first-order valence-electron chi connectivity index (χ1n) is 3.44. The Hall–Kier alpha value is -1.16. The molecule has 2 heterocycles. The molecular weight excluding hydrogens is 178 g/mol. The maximum absolute atomic E-state index is 5.79. The van der Waals surface area contributed by atoms with Crippen molar-refractivity contribution >= 4 is 22.8 Å². The van der Waals surface area contributed by atoms with Crippen molar-refractivity contribution in [1.82, 2.24) is 15.0 Å². The van der Waals surface area contributed by atoms with E-state index in [4.69, 9.17) is 16.0 Å². The summed E-state index contributed by atoms with van der Waals surface area (Å²) in [6, 6.07) is 0. The monoisotopic (exact) mass is 183 g/mol. The van der Waals surface area contributed by atoms with E-state index in [1.165, 1.54) is 0 Å². The Balaban J connectivity index is 2.88. The van der Waals surface area contributed by atoms with E-state index in [1.807, 2.05) is 0 Å². The predicted octanol–water partition coefficient (Wildman–Crippen LogP) is 1.89. The lowest BCUT2D eigenvalue weighted by atomic mass is 10.5. The van der Waals surface area contributed by atoms with Crippen LogP contribution in [0.1, 0.15) is 11.7 Å². The number of hydrogen-bond donors (Lipinski definition) is 0. The molecule has 2 aromatic rings. The third kappa shape index (κ3) is 1.04. The molecule has 2 rings (SSSR count). The Morgan fingerprint density at radius 3 is 2.67 bits per heavy atom. The van der Waals surface area contributed by atoms with Gasteiger partial charge in [-0.2, -0.15) is 4.98 Å². The zero-order valence-electron chi connectivity index (χ0n) is 6.63. The van der Waals surface area contributed by atoms with Crippen LogP contribution in [0.2, 0.25) is 5.15 Å². The van der Waals surface area contributed by atoms with E-state index in [-0.39, 0.29) is 0 Å². The first-order valence-corrected chi connectivity index (χ1v) is 3.82. The molecule has 4 nitrogen and oxygen atoms in total. The fraction of sp³-hybridized carbons (Fsp3) is 0.286. The number of aromatic nitrogens is 3. The Morgan fingerprint density at radius 1 is 1.17 bits per heavy atom. The zero-order valence-corrected chi connectivity index (χ0v) is 7.38. The average Bonchev–Trinajstić information content (AvgIpc) is 2.29. The van der Waals surface area contributed by atoms with E-state index in [0.717, 1.165) is 0 Å². The first-order chi connectivity index (χ1) is 5.66. The van der Waals surface area contributed by atoms with Gasteiger partial charge in [0.25, 0.3) is 0 Å². The highest BCUT2D eigenvalue weighted by Crippen LogP contribution is 2.20. The molecule has 0 bridgehead atoms. The lowest BCUT2D eigenvalue weighted by Crippen LogP contribution is -1.88. The second-order valence-electron chi connectivity index (χ2n) is 2.45. The molecule has 0 radical (unpaired) electrons. The molecule has 0 unspecified atom stereocenters. The molecule has 0 aliphatic rings. The highest BCUT2D eigenvalue weighted by atomic mass is 35.5. The number of halogens is 1. The second kappa shape index (κ2) is 2.42. The van der Waals surface area contributed by atoms with Gasteiger partial charge in [0.2, 0.25) is 11.2 Å². The van der Waals surface area contributed by atoms with Gasteiger partial charge in [-0.25, -0.2) is 9.97 Å². The number of nitrogens with zero attached hydrogens (tertiary/aromatic N) is 3. The third-order valence-corrected chi connectivity index (χ3v) is 1.69. The Kier molecular flexibility index (Phi) is 1.51. The first kappa shape index (κ1) is 7.49. The molecule has 0 aliphatic heterocycles. The SMILES string of the molecule is Cc1nc(Cl)c2oc(C)nc2n1. The van der Waals surface area contributed by atoms with Gasteiger partial charge in [-0.05, 0) is 6.92 Å². The highest BCUT2D eigenvalue weighted by Gasteiger charge is 2.09. The molecule has 12 heavy (non-hydrogen) atoms. The quantitative estimate of drug-likeness (QED) is 0.586. The van der Waals surface area contributed by atoms with Crippen LogP contribution in [0.3, 0.4) is 0 Å². The normalized spacial score (nSPS) is 10.9. The van der Waals surface area contributed by atoms with E-state index < -0.39 is 0 Å². The standard InChI is InChI=1S/C7H6ClN3O/c1-3-9-6(8)5-7(10-3)11-4(2)12-5/h1-2H3. The molecule has 0 amide bonds. The van der Waals surface area contributed by atoms with E-state index in [0.29, 0.717) is 28.1 Å². The summed E-state index contributed by atoms with van der Waals surface area (Å²) in [5, 5.41) is 0.318. The molecule has 0 saturated carbocycles. The van der Waals surface area contributed by atoms with Gasteiger partial charge in [-0.15, -0.1) is 0 Å². The molecular formula is C7H6ClN3O. The van der Waals surface area contributed by atoms with Crippen LogP contribution in [-0.2, 0) is 0 Å². The minimum atomic E-state index is 0.318. The van der Waals surface area contributed by atoms with Crippen LogP contribution in [0.5, 0.6) is 0 Å². The summed E-state index contributed by atoms with van der Waals surface area (Å²) in [5.41, 5.74) is 0.977. The van der Waals surface area contributed by atoms with Crippen LogP contribution in [0, 0.1) is 13.8 Å². The van der Waals surface area contributed by atoms with Crippen molar-refractivity contribution in [3.63, 3.8) is 0 Å². The van der Waals surface area contributed by atoms with Crippen molar-refractivity contribution in [3.05, 3.63) is 16.9 Å². The topological polar surface area (TPSA) is 51.8 Å². The molecule has 0 aliphatic carbocycles. The number of hydrogen-bond acceptors (Lipinski definition) is 4. The largest absolute Gasteiger partial charge is 0.436 e. The molecule has 2 aromatic heterocycles. The molecule has 0 saturated heterocycles. The fourth-order valence-electron chi connectivity index (χ4n) is 0.997. The summed E-state index contributed by atoms with van der Waals surface area (Å²) in [6.07, 6.45) is 0. The third-order valence-electron chi connectivity index (χ3n) is 1.43. The smallest absolute Gasteiger partial charge is 0.211 e. The summed E-state index contributed by atoms with van der Waals surface area (Å²) < 4.78 is 5.19. The van der Waals surface area contributed by atoms with Crippen molar-refractivity contribution in [2.75, 3.05) is 0 Å². The van der Waals surface area contributed by atoms with Gasteiger partial charge in [0.1, 0.15) is 5.82 Å². The zero-order chi connectivity index (χ0) is 8.72. The van der Waals surface area contributed by atoms with Gasteiger partial charge in [0.15, 0.2) is 11.0 Å². The summed E-state index contributed by atoms with van der Waals surface area (Å²) in [5.74, 6) is 1.15. The Morgan fingerprint density at radius 2 is 1.92 bits per heavy atom. The van der Waals surface area contributed by atoms with Crippen LogP contribution in [0.15, 0.2) is 4.42 Å². The summed E-state index contributed by atoms with van der Waals surface area (Å²) in [6.45, 7) is 3.50. The van der Waals surface area contributed by atoms with E-state index in [9.17, 15) is 0 Å². The van der Waals surface area contributed by atoms with Crippen molar-refractivity contribution in [3.8, 4) is 0 Å². The molecule has 0 atom stereocenters. The lowest BCUT2D eigenvalue weighted by molar-refractivity contribution is 0.560. The highest BCUT2D eigenvalue weighted by molar-refractivity contribution is 6.33. The predicted molar refractivity (Wildman–Crippen MR) is 44.1 cm³/mol. The molecule has 0 spiro atoms. The van der Waals surface area contributed by atoms with Gasteiger partial charge in [-0.3, -0.25) is 0 Å². The van der Waals surface area contributed by atoms with Crippen LogP contribution in [0.25, 0.3) is 11.2 Å². The second-order valence-corrected chi connectivity index (χ2v) is 2.81. The van der Waals surface area contributed by atoms with Gasteiger partial charge in [0.05, 0.1) is 0 Å². The van der Waals surface area contributed by atoms with E-state index in [1.54, 1.807) is 13.8 Å². The van der Waals surface area contributed by atoms with Crippen LogP contribution in [0.4, 0.5) is 0 Å². The Bertz CT molecular complexity index is 437. The fourth-order valence-corrected chi connectivity index (χ4v) is 1.24. The number of oxazole rings is 1. The van der Waals surface area contributed by atoms with Crippen molar-refractivity contribution in [2.24, 2.45) is 0 Å². The number of fused-ring (bicyclic) bond motifs is 1. The Labute approximate surface area is 73.6 Å². The van der Waals surface area contributed by atoms with Crippen molar-refractivity contribution in [2.45, 2.75) is 13.8 Å². The van der Waals surface area contributed by atoms with Crippen LogP contribution < -0.4 is 0 Å². The maximum atomic E-state index is 5.79. The molecule has 5 heteroatoms. The average molecular weight is 184 g/mol. The molecule has 0 aromatic carbocycles. The van der Waals surface area contributed by atoms with Gasteiger partial charge < -0.3 is 4.42 Å². The van der Waals surface area contributed by atoms with Crippen molar-refractivity contribution in [1.29, 1.82) is 0 Å². The van der Waals surface area contributed by atoms with E-state index in [2.05, 4.69) is 15.0 Å². The van der Waals surface area contributed by atoms with E-state index >= 15 is 0 Å². The van der Waals surface area contributed by atoms with Gasteiger partial charge in [0, 0.05) is 6.92 Å². The van der Waals surface area contributed by atoms with Gasteiger partial charge in [-0.1, -0.05) is 11.6 Å². The summed E-state index contributed by atoms with van der Waals surface area (Å²) in [7, 11) is 0. The van der Waals surface area contributed by atoms with Crippen LogP contribution in [-0.4, -0.2) is 15.0 Å². The summed E-state index contributed by atoms with van der Waals surface area (Å²) >= 11 is 5.79. The minimum Gasteiger partial charge on any atom is -0.436 e. The summed E-state index contributed by atoms with van der Waals surface area (Å²) in [4.78, 5) is 12.0. The molecule has 62 valence electrons. The minimum absolute atomic E-state index is 0.318. The van der Waals surface area contributed by atoms with Crippen LogP contribution >= 0.6 is 11.6 Å². The lowest BCUT2D eigenvalue weighted by Gasteiger charge is -1.91. The molecule has 0 N–H and O–H groups in total. The maximum Gasteiger partial charge on any atom is 0.211 e. The van der Waals surface area contributed by atoms with Gasteiger partial charge >= 0.3 is 0 Å². The molecule has 0 fully saturated rings. The number of aryl methyl sites for hydroxylation is 2. The van der Waals surface area contributed by atoms with Crippen molar-refractivity contribution < 1.29 is 4.42 Å².